The van der Waals surface area contributed by atoms with E-state index in [0.29, 0.717) is 18.3 Å². The van der Waals surface area contributed by atoms with Crippen molar-refractivity contribution in [3.8, 4) is 0 Å². The average Bonchev–Trinajstić information content (AvgIpc) is 2.76. The molecule has 0 saturated carbocycles. The van der Waals surface area contributed by atoms with E-state index in [-0.39, 0.29) is 24.1 Å². The molecule has 19 heavy (non-hydrogen) atoms. The number of likely N-dealkylation sites (tertiary alicyclic amines) is 1. The van der Waals surface area contributed by atoms with Gasteiger partial charge in [0.25, 0.3) is 0 Å². The van der Waals surface area contributed by atoms with Gasteiger partial charge in [-0.25, -0.2) is 4.39 Å². The predicted molar refractivity (Wildman–Crippen MR) is 76.2 cm³/mol. The zero-order valence-corrected chi connectivity index (χ0v) is 11.7. The van der Waals surface area contributed by atoms with E-state index in [2.05, 4.69) is 15.5 Å². The second kappa shape index (κ2) is 7.43. The lowest BCUT2D eigenvalue weighted by molar-refractivity contribution is -0.117. The fraction of sp³-hybridized carbons (Fsp3) is 0.462. The van der Waals surface area contributed by atoms with E-state index in [1.54, 1.807) is 12.1 Å². The van der Waals surface area contributed by atoms with Gasteiger partial charge in [0.15, 0.2) is 0 Å². The third kappa shape index (κ3) is 4.78. The number of nitrogens with one attached hydrogen (secondary N) is 2. The molecule has 6 heteroatoms. The summed E-state index contributed by atoms with van der Waals surface area (Å²) in [6, 6.07) is 6.40. The number of rotatable bonds is 4. The largest absolute Gasteiger partial charge is 0.325 e. The number of hydrogen-bond acceptors (Lipinski definition) is 3. The number of amides is 1. The topological polar surface area (TPSA) is 44.4 Å². The van der Waals surface area contributed by atoms with Crippen LogP contribution in [0.4, 0.5) is 10.1 Å². The maximum atomic E-state index is 12.9. The number of carbonyl (C=O) groups is 1. The standard InChI is InChI=1S/C13H18FN3O.ClH/c1-15-12-5-6-17(8-12)9-13(18)16-11-4-2-3-10(14)7-11;/h2-4,7,12,15H,5-6,8-9H2,1H3,(H,16,18);1H. The fourth-order valence-corrected chi connectivity index (χ4v) is 2.18. The van der Waals surface area contributed by atoms with Gasteiger partial charge in [0.05, 0.1) is 6.54 Å². The van der Waals surface area contributed by atoms with Crippen LogP contribution in [-0.2, 0) is 4.79 Å². The molecular formula is C13H19ClFN3O. The molecule has 1 aromatic rings. The Labute approximate surface area is 118 Å². The Bertz CT molecular complexity index is 430. The molecule has 4 nitrogen and oxygen atoms in total. The smallest absolute Gasteiger partial charge is 0.238 e. The molecule has 2 rings (SSSR count). The average molecular weight is 288 g/mol. The Balaban J connectivity index is 0.00000180. The summed E-state index contributed by atoms with van der Waals surface area (Å²) in [4.78, 5) is 13.9. The first-order valence-corrected chi connectivity index (χ1v) is 6.12. The Morgan fingerprint density at radius 1 is 1.53 bits per heavy atom. The van der Waals surface area contributed by atoms with Crippen molar-refractivity contribution in [2.75, 3.05) is 32.0 Å². The summed E-state index contributed by atoms with van der Waals surface area (Å²) in [6.07, 6.45) is 1.06. The second-order valence-electron chi connectivity index (χ2n) is 4.57. The highest BCUT2D eigenvalue weighted by molar-refractivity contribution is 5.92. The van der Waals surface area contributed by atoms with Crippen molar-refractivity contribution in [1.82, 2.24) is 10.2 Å². The number of likely N-dealkylation sites (N-methyl/N-ethyl adjacent to an activating group) is 1. The van der Waals surface area contributed by atoms with Gasteiger partial charge in [-0.05, 0) is 31.7 Å². The fourth-order valence-electron chi connectivity index (χ4n) is 2.18. The Hall–Kier alpha value is -1.17. The first-order valence-electron chi connectivity index (χ1n) is 6.12. The van der Waals surface area contributed by atoms with E-state index in [4.69, 9.17) is 0 Å². The Morgan fingerprint density at radius 3 is 2.95 bits per heavy atom. The number of benzene rings is 1. The zero-order chi connectivity index (χ0) is 13.0. The molecule has 1 aromatic carbocycles. The van der Waals surface area contributed by atoms with Crippen LogP contribution in [0.15, 0.2) is 24.3 Å². The highest BCUT2D eigenvalue weighted by atomic mass is 35.5. The van der Waals surface area contributed by atoms with Crippen LogP contribution in [0.3, 0.4) is 0 Å². The van der Waals surface area contributed by atoms with E-state index in [9.17, 15) is 9.18 Å². The molecule has 1 amide bonds. The van der Waals surface area contributed by atoms with E-state index in [1.165, 1.54) is 12.1 Å². The summed E-state index contributed by atoms with van der Waals surface area (Å²) in [5, 5.41) is 5.90. The molecule has 1 saturated heterocycles. The van der Waals surface area contributed by atoms with Crippen LogP contribution in [0.25, 0.3) is 0 Å². The van der Waals surface area contributed by atoms with Crippen molar-refractivity contribution in [3.63, 3.8) is 0 Å². The minimum absolute atomic E-state index is 0. The normalized spacial score (nSPS) is 18.9. The summed E-state index contributed by atoms with van der Waals surface area (Å²) < 4.78 is 12.9. The van der Waals surface area contributed by atoms with E-state index >= 15 is 0 Å². The van der Waals surface area contributed by atoms with Crippen molar-refractivity contribution in [2.24, 2.45) is 0 Å². The van der Waals surface area contributed by atoms with Crippen molar-refractivity contribution >= 4 is 24.0 Å². The van der Waals surface area contributed by atoms with Gasteiger partial charge in [-0.2, -0.15) is 0 Å². The zero-order valence-electron chi connectivity index (χ0n) is 10.9. The molecule has 1 aliphatic rings. The van der Waals surface area contributed by atoms with Gasteiger partial charge < -0.3 is 10.6 Å². The van der Waals surface area contributed by atoms with E-state index in [1.807, 2.05) is 7.05 Å². The molecular weight excluding hydrogens is 269 g/mol. The van der Waals surface area contributed by atoms with Crippen LogP contribution in [0.2, 0.25) is 0 Å². The lowest BCUT2D eigenvalue weighted by atomic mass is 10.3. The minimum Gasteiger partial charge on any atom is -0.325 e. The van der Waals surface area contributed by atoms with Crippen molar-refractivity contribution < 1.29 is 9.18 Å². The van der Waals surface area contributed by atoms with Crippen LogP contribution >= 0.6 is 12.4 Å². The highest BCUT2D eigenvalue weighted by Crippen LogP contribution is 2.11. The predicted octanol–water partition coefficient (Wildman–Crippen LogP) is 1.48. The summed E-state index contributed by atoms with van der Waals surface area (Å²) in [6.45, 7) is 2.16. The summed E-state index contributed by atoms with van der Waals surface area (Å²) in [5.41, 5.74) is 0.504. The molecule has 0 aromatic heterocycles. The first-order chi connectivity index (χ1) is 8.67. The number of carbonyl (C=O) groups excluding carboxylic acids is 1. The molecule has 0 bridgehead atoms. The number of hydrogen-bond donors (Lipinski definition) is 2. The van der Waals surface area contributed by atoms with Crippen LogP contribution in [0.1, 0.15) is 6.42 Å². The molecule has 1 atom stereocenters. The van der Waals surface area contributed by atoms with Gasteiger partial charge >= 0.3 is 0 Å². The van der Waals surface area contributed by atoms with Gasteiger partial charge in [0.1, 0.15) is 5.82 Å². The lowest BCUT2D eigenvalue weighted by Crippen LogP contribution is -2.34. The summed E-state index contributed by atoms with van der Waals surface area (Å²) in [7, 11) is 1.93. The van der Waals surface area contributed by atoms with Crippen LogP contribution in [0, 0.1) is 5.82 Å². The van der Waals surface area contributed by atoms with Gasteiger partial charge in [-0.1, -0.05) is 6.07 Å². The molecule has 1 unspecified atom stereocenters. The van der Waals surface area contributed by atoms with E-state index < -0.39 is 0 Å². The van der Waals surface area contributed by atoms with Crippen molar-refractivity contribution in [3.05, 3.63) is 30.1 Å². The SMILES string of the molecule is CNC1CCN(CC(=O)Nc2cccc(F)c2)C1.Cl. The van der Waals surface area contributed by atoms with Crippen molar-refractivity contribution in [2.45, 2.75) is 12.5 Å². The monoisotopic (exact) mass is 287 g/mol. The van der Waals surface area contributed by atoms with Crippen molar-refractivity contribution in [1.29, 1.82) is 0 Å². The van der Waals surface area contributed by atoms with E-state index in [0.717, 1.165) is 19.5 Å². The molecule has 0 aliphatic carbocycles. The third-order valence-electron chi connectivity index (χ3n) is 3.16. The maximum absolute atomic E-state index is 12.9. The first kappa shape index (κ1) is 15.9. The maximum Gasteiger partial charge on any atom is 0.238 e. The van der Waals surface area contributed by atoms with Gasteiger partial charge in [0, 0.05) is 24.8 Å². The van der Waals surface area contributed by atoms with Crippen LogP contribution in [0.5, 0.6) is 0 Å². The lowest BCUT2D eigenvalue weighted by Gasteiger charge is -2.15. The number of anilines is 1. The third-order valence-corrected chi connectivity index (χ3v) is 3.16. The van der Waals surface area contributed by atoms with Gasteiger partial charge in [-0.15, -0.1) is 12.4 Å². The molecule has 0 spiro atoms. The van der Waals surface area contributed by atoms with Gasteiger partial charge in [-0.3, -0.25) is 9.69 Å². The summed E-state index contributed by atoms with van der Waals surface area (Å²) in [5.74, 6) is -0.443. The summed E-state index contributed by atoms with van der Waals surface area (Å²) >= 11 is 0. The number of halogens is 2. The quantitative estimate of drug-likeness (QED) is 0.882. The Morgan fingerprint density at radius 2 is 2.32 bits per heavy atom. The molecule has 2 N–H and O–H groups in total. The highest BCUT2D eigenvalue weighted by Gasteiger charge is 2.22. The van der Waals surface area contributed by atoms with Gasteiger partial charge in [0.2, 0.25) is 5.91 Å². The molecule has 0 radical (unpaired) electrons. The van der Waals surface area contributed by atoms with Crippen LogP contribution < -0.4 is 10.6 Å². The number of nitrogens with zero attached hydrogens (tertiary/aromatic N) is 1. The Kier molecular flexibility index (Phi) is 6.21. The minimum atomic E-state index is -0.343. The molecule has 1 aliphatic heterocycles. The van der Waals surface area contributed by atoms with Crippen LogP contribution in [-0.4, -0.2) is 43.5 Å². The second-order valence-corrected chi connectivity index (χ2v) is 4.57. The molecule has 1 heterocycles. The molecule has 1 fully saturated rings. The molecule has 106 valence electrons.